The van der Waals surface area contributed by atoms with Crippen LogP contribution in [0.25, 0.3) is 0 Å². The molecule has 10 atom stereocenters. The summed E-state index contributed by atoms with van der Waals surface area (Å²) in [5, 5.41) is 73.0. The number of likely N-dealkylation sites (tertiary alicyclic amines) is 1. The van der Waals surface area contributed by atoms with Gasteiger partial charge in [0, 0.05) is 19.4 Å². The summed E-state index contributed by atoms with van der Waals surface area (Å²) in [7, 11) is 0. The molecule has 1 fully saturated rings. The maximum Gasteiger partial charge on any atom is 0.326 e. The number of rotatable bonds is 29. The summed E-state index contributed by atoms with van der Waals surface area (Å²) in [5.74, 6) is -15.4. The van der Waals surface area contributed by atoms with E-state index in [0.29, 0.717) is 6.42 Å². The fraction of sp³-hybridized carbons (Fsp3) is 0.692. The second kappa shape index (κ2) is 27.8. The standard InChI is InChI=1S/C39H63N9O18/c1-6-18(4)30(46-38(64)31(19(5)50)47-35(61)24-8-7-13-48(24)25(51)15-41-32(58)20(40)16-49)37(63)43-21(9-11-26(52)53)33(59)42-22(10-12-27(54)55)34(60)45-29(17(2)3)36(62)44-23(39(65)66)14-28(56)57/h17-24,29-31,49-50H,6-16,40H2,1-5H3,(H,41,58)(H,42,59)(H,43,63)(H,44,62)(H,45,60)(H,46,64)(H,47,61)(H,52,53)(H,54,55)(H,56,57)(H,65,66)/p+1/t18-,19+,20-,21-,22-,23-,24-,29-,30-,31-/m0/s1. The van der Waals surface area contributed by atoms with Gasteiger partial charge in [-0.05, 0) is 44.4 Å². The highest BCUT2D eigenvalue weighted by atomic mass is 16.4. The highest BCUT2D eigenvalue weighted by molar-refractivity contribution is 5.98. The normalized spacial score (nSPS) is 17.5. The van der Waals surface area contributed by atoms with Crippen LogP contribution >= 0.6 is 0 Å². The lowest BCUT2D eigenvalue weighted by Gasteiger charge is -2.31. The van der Waals surface area contributed by atoms with Crippen molar-refractivity contribution in [3.8, 4) is 0 Å². The molecule has 372 valence electrons. The maximum atomic E-state index is 13.9. The zero-order chi connectivity index (χ0) is 50.6. The van der Waals surface area contributed by atoms with Crippen LogP contribution in [0.2, 0.25) is 0 Å². The van der Waals surface area contributed by atoms with Crippen molar-refractivity contribution in [2.45, 2.75) is 140 Å². The average Bonchev–Trinajstić information content (AvgIpc) is 3.74. The molecule has 16 N–H and O–H groups in total. The Kier molecular flexibility index (Phi) is 24.2. The van der Waals surface area contributed by atoms with E-state index in [1.165, 1.54) is 20.8 Å². The molecule has 1 rings (SSSR count). The molecule has 0 aromatic carbocycles. The first kappa shape index (κ1) is 57.5. The number of nitrogens with zero attached hydrogens (tertiary/aromatic N) is 1. The molecular weight excluding hydrogens is 882 g/mol. The lowest BCUT2D eigenvalue weighted by molar-refractivity contribution is -0.409. The Morgan fingerprint density at radius 2 is 1.12 bits per heavy atom. The number of aliphatic carboxylic acids is 4. The Morgan fingerprint density at radius 1 is 0.636 bits per heavy atom. The minimum Gasteiger partial charge on any atom is -0.481 e. The smallest absolute Gasteiger partial charge is 0.326 e. The van der Waals surface area contributed by atoms with Gasteiger partial charge in [0.15, 0.2) is 6.04 Å². The van der Waals surface area contributed by atoms with Gasteiger partial charge in [-0.25, -0.2) is 4.79 Å². The molecule has 1 heterocycles. The van der Waals surface area contributed by atoms with E-state index in [4.69, 9.17) is 10.2 Å². The summed E-state index contributed by atoms with van der Waals surface area (Å²) >= 11 is 0. The maximum absolute atomic E-state index is 13.9. The number of aliphatic hydroxyl groups excluding tert-OH is 2. The fourth-order valence-electron chi connectivity index (χ4n) is 6.46. The molecule has 1 saturated heterocycles. The Hall–Kier alpha value is -6.48. The minimum absolute atomic E-state index is 0.116. The van der Waals surface area contributed by atoms with Crippen molar-refractivity contribution in [1.82, 2.24) is 42.1 Å². The van der Waals surface area contributed by atoms with Crippen LogP contribution in [0.15, 0.2) is 0 Å². The largest absolute Gasteiger partial charge is 0.481 e. The first-order chi connectivity index (χ1) is 30.7. The third kappa shape index (κ3) is 18.9. The molecule has 0 aromatic heterocycles. The number of aliphatic hydroxyl groups is 2. The van der Waals surface area contributed by atoms with E-state index < -0.39 is 183 Å². The van der Waals surface area contributed by atoms with Crippen LogP contribution in [0.4, 0.5) is 0 Å². The molecule has 0 bridgehead atoms. The number of amides is 8. The Balaban J connectivity index is 3.35. The Bertz CT molecular complexity index is 1800. The molecule has 27 heteroatoms. The van der Waals surface area contributed by atoms with Crippen molar-refractivity contribution in [2.24, 2.45) is 11.8 Å². The molecule has 66 heavy (non-hydrogen) atoms. The third-order valence-electron chi connectivity index (χ3n) is 10.5. The molecule has 0 aromatic rings. The van der Waals surface area contributed by atoms with E-state index in [-0.39, 0.29) is 19.4 Å². The van der Waals surface area contributed by atoms with E-state index in [2.05, 4.69) is 37.6 Å². The lowest BCUT2D eigenvalue weighted by Crippen LogP contribution is -2.69. The Morgan fingerprint density at radius 3 is 1.59 bits per heavy atom. The molecule has 27 nitrogen and oxygen atoms in total. The molecule has 0 spiro atoms. The van der Waals surface area contributed by atoms with Crippen molar-refractivity contribution in [1.29, 1.82) is 0 Å². The van der Waals surface area contributed by atoms with Gasteiger partial charge in [-0.2, -0.15) is 0 Å². The van der Waals surface area contributed by atoms with Crippen LogP contribution in [-0.4, -0.2) is 181 Å². The summed E-state index contributed by atoms with van der Waals surface area (Å²) in [4.78, 5) is 153. The van der Waals surface area contributed by atoms with Crippen LogP contribution < -0.4 is 43.0 Å². The van der Waals surface area contributed by atoms with Crippen LogP contribution in [0.3, 0.4) is 0 Å². The number of carbonyl (C=O) groups is 12. The van der Waals surface area contributed by atoms with Crippen molar-refractivity contribution < 1.29 is 93.9 Å². The summed E-state index contributed by atoms with van der Waals surface area (Å²) in [6.45, 7) is 6.22. The number of carboxylic acid groups (broad SMARTS) is 4. The van der Waals surface area contributed by atoms with Gasteiger partial charge in [0.2, 0.25) is 41.4 Å². The van der Waals surface area contributed by atoms with Gasteiger partial charge in [-0.1, -0.05) is 34.1 Å². The van der Waals surface area contributed by atoms with Gasteiger partial charge in [0.1, 0.15) is 48.9 Å². The van der Waals surface area contributed by atoms with Crippen molar-refractivity contribution in [2.75, 3.05) is 19.7 Å². The fourth-order valence-corrected chi connectivity index (χ4v) is 6.46. The van der Waals surface area contributed by atoms with Crippen molar-refractivity contribution in [3.05, 3.63) is 0 Å². The van der Waals surface area contributed by atoms with Crippen LogP contribution in [0, 0.1) is 11.8 Å². The second-order valence-corrected chi connectivity index (χ2v) is 16.2. The molecule has 0 radical (unpaired) electrons. The monoisotopic (exact) mass is 946 g/mol. The lowest BCUT2D eigenvalue weighted by atomic mass is 9.96. The molecule has 0 unspecified atom stereocenters. The third-order valence-corrected chi connectivity index (χ3v) is 10.5. The van der Waals surface area contributed by atoms with Gasteiger partial charge < -0.3 is 78.5 Å². The van der Waals surface area contributed by atoms with Crippen LogP contribution in [0.5, 0.6) is 0 Å². The quantitative estimate of drug-likeness (QED) is 0.0332. The highest BCUT2D eigenvalue weighted by Gasteiger charge is 2.40. The van der Waals surface area contributed by atoms with E-state index >= 15 is 0 Å². The van der Waals surface area contributed by atoms with Gasteiger partial charge in [-0.3, -0.25) is 52.7 Å². The summed E-state index contributed by atoms with van der Waals surface area (Å²) < 4.78 is 0. The van der Waals surface area contributed by atoms with Crippen LogP contribution in [-0.2, 0) is 57.5 Å². The topological polar surface area (TPSA) is 441 Å². The van der Waals surface area contributed by atoms with Crippen molar-refractivity contribution >= 4 is 71.1 Å². The van der Waals surface area contributed by atoms with Crippen molar-refractivity contribution in [3.63, 3.8) is 0 Å². The van der Waals surface area contributed by atoms with Gasteiger partial charge in [0.25, 0.3) is 5.91 Å². The summed E-state index contributed by atoms with van der Waals surface area (Å²) in [5.41, 5.74) is 3.44. The second-order valence-electron chi connectivity index (χ2n) is 16.2. The van der Waals surface area contributed by atoms with Gasteiger partial charge in [-0.15, -0.1) is 0 Å². The number of hydrogen-bond acceptors (Lipinski definition) is 14. The van der Waals surface area contributed by atoms with Crippen LogP contribution in [0.1, 0.15) is 86.0 Å². The zero-order valence-electron chi connectivity index (χ0n) is 37.4. The number of quaternary nitrogens is 1. The SMILES string of the molecule is CC[C@H](C)[C@H](NC(=O)[C@@H](NC(=O)[C@@H]1CCCN1C(=O)CNC(=O)[C@@H]([NH3+])CO)[C@@H](C)O)C(=O)N[C@@H](CCC(=O)O)C(=O)N[C@@H](CCC(=O)O)C(=O)N[C@H](C(=O)N[C@@H](CC(=O)O)C(=O)O)C(C)C. The van der Waals surface area contributed by atoms with Gasteiger partial charge >= 0.3 is 23.9 Å². The molecule has 0 aliphatic carbocycles. The van der Waals surface area contributed by atoms with E-state index in [9.17, 15) is 78.0 Å². The summed E-state index contributed by atoms with van der Waals surface area (Å²) in [6, 6.07) is -12.4. The number of hydrogen-bond donors (Lipinski definition) is 14. The zero-order valence-corrected chi connectivity index (χ0v) is 37.4. The number of carboxylic acids is 4. The molecular formula is C39H64N9O18+. The van der Waals surface area contributed by atoms with Gasteiger partial charge in [0.05, 0.1) is 19.1 Å². The van der Waals surface area contributed by atoms with E-state index in [1.54, 1.807) is 6.92 Å². The number of nitrogens with one attached hydrogen (secondary N) is 7. The molecule has 8 amide bonds. The molecule has 1 aliphatic heterocycles. The highest BCUT2D eigenvalue weighted by Crippen LogP contribution is 2.18. The predicted octanol–water partition coefficient (Wildman–Crippen LogP) is -6.02. The first-order valence-corrected chi connectivity index (χ1v) is 21.1. The molecule has 1 aliphatic rings. The molecule has 0 saturated carbocycles. The predicted molar refractivity (Wildman–Crippen MR) is 223 cm³/mol. The number of carbonyl (C=O) groups excluding carboxylic acids is 8. The minimum atomic E-state index is -1.90. The average molecular weight is 947 g/mol. The summed E-state index contributed by atoms with van der Waals surface area (Å²) in [6.07, 6.45) is -4.55. The van der Waals surface area contributed by atoms with E-state index in [0.717, 1.165) is 11.8 Å². The Labute approximate surface area is 378 Å². The van der Waals surface area contributed by atoms with E-state index in [1.807, 2.05) is 5.32 Å². The first-order valence-electron chi connectivity index (χ1n) is 21.1.